The number of hydrogen-bond acceptors (Lipinski definition) is 5. The Morgan fingerprint density at radius 1 is 1.06 bits per heavy atom. The molecule has 4 aromatic rings. The summed E-state index contributed by atoms with van der Waals surface area (Å²) >= 11 is 0. The first kappa shape index (κ1) is 20.5. The summed E-state index contributed by atoms with van der Waals surface area (Å²) in [4.78, 5) is 18.7. The van der Waals surface area contributed by atoms with E-state index < -0.39 is 0 Å². The molecule has 172 valence electrons. The fraction of sp³-hybridized carbons (Fsp3) is 0.222. The smallest absolute Gasteiger partial charge is 0.410 e. The lowest BCUT2D eigenvalue weighted by molar-refractivity contribution is 0.0897. The first-order valence-corrected chi connectivity index (χ1v) is 11.4. The molecule has 0 spiro atoms. The van der Waals surface area contributed by atoms with Crippen molar-refractivity contribution in [1.29, 1.82) is 0 Å². The number of nitrogen functional groups attached to an aromatic ring is 1. The third kappa shape index (κ3) is 3.50. The number of para-hydroxylation sites is 2. The first-order chi connectivity index (χ1) is 16.7. The van der Waals surface area contributed by atoms with Crippen molar-refractivity contribution in [2.45, 2.75) is 18.9 Å². The Kier molecular flexibility index (Phi) is 5.02. The maximum absolute atomic E-state index is 13.3. The molecule has 0 fully saturated rings. The van der Waals surface area contributed by atoms with Crippen molar-refractivity contribution < 1.29 is 19.0 Å². The van der Waals surface area contributed by atoms with Gasteiger partial charge in [-0.2, -0.15) is 0 Å². The average Bonchev–Trinajstić information content (AvgIpc) is 3.48. The number of nitrogens with one attached hydrogen (secondary N) is 1. The van der Waals surface area contributed by atoms with E-state index in [-0.39, 0.29) is 25.5 Å². The molecule has 2 aliphatic heterocycles. The van der Waals surface area contributed by atoms with Gasteiger partial charge in [0.1, 0.15) is 6.04 Å². The molecule has 0 radical (unpaired) electrons. The number of carbonyl (C=O) groups excluding carboxylic acids is 1. The lowest BCUT2D eigenvalue weighted by atomic mass is 9.92. The molecule has 3 N–H and O–H groups in total. The van der Waals surface area contributed by atoms with Crippen LogP contribution in [0.15, 0.2) is 66.7 Å². The Bertz CT molecular complexity index is 1380. The number of rotatable bonds is 4. The largest absolute Gasteiger partial charge is 0.454 e. The van der Waals surface area contributed by atoms with E-state index in [1.54, 1.807) is 4.90 Å². The fourth-order valence-electron chi connectivity index (χ4n) is 4.96. The highest BCUT2D eigenvalue weighted by atomic mass is 16.7. The minimum atomic E-state index is -0.346. The Balaban J connectivity index is 1.32. The van der Waals surface area contributed by atoms with Crippen LogP contribution in [-0.2, 0) is 17.6 Å². The zero-order valence-electron chi connectivity index (χ0n) is 18.6. The number of nitrogens with two attached hydrogens (primary N) is 1. The van der Waals surface area contributed by atoms with E-state index in [9.17, 15) is 4.79 Å². The van der Waals surface area contributed by atoms with E-state index in [1.165, 1.54) is 10.9 Å². The zero-order valence-corrected chi connectivity index (χ0v) is 18.6. The second-order valence-electron chi connectivity index (χ2n) is 8.58. The second kappa shape index (κ2) is 8.33. The van der Waals surface area contributed by atoms with E-state index in [0.717, 1.165) is 28.8 Å². The lowest BCUT2D eigenvalue weighted by Gasteiger charge is -2.35. The normalized spacial score (nSPS) is 16.5. The minimum absolute atomic E-state index is 0.204. The van der Waals surface area contributed by atoms with E-state index in [0.29, 0.717) is 30.2 Å². The van der Waals surface area contributed by atoms with Crippen LogP contribution in [0.1, 0.15) is 28.4 Å². The molecule has 1 aromatic heterocycles. The predicted molar refractivity (Wildman–Crippen MR) is 129 cm³/mol. The first-order valence-electron chi connectivity index (χ1n) is 11.4. The van der Waals surface area contributed by atoms with Gasteiger partial charge in [0.05, 0.1) is 6.61 Å². The molecule has 0 aliphatic carbocycles. The standard InChI is InChI=1S/C27H25N3O4/c28-21-7-3-1-5-17(21)12-14-32-27(31)30-13-11-20-19-6-2-4-8-22(19)29-25(20)26(30)18-9-10-23-24(15-18)34-16-33-23/h1-10,15,26,29H,11-14,16,28H2. The van der Waals surface area contributed by atoms with Crippen LogP contribution in [0.25, 0.3) is 10.9 Å². The molecule has 3 aromatic carbocycles. The molecular weight excluding hydrogens is 430 g/mol. The van der Waals surface area contributed by atoms with Crippen molar-refractivity contribution in [2.24, 2.45) is 0 Å². The highest BCUT2D eigenvalue weighted by Crippen LogP contribution is 2.42. The van der Waals surface area contributed by atoms with Crippen LogP contribution < -0.4 is 15.2 Å². The molecular formula is C27H25N3O4. The number of carbonyl (C=O) groups is 1. The Morgan fingerprint density at radius 2 is 1.88 bits per heavy atom. The summed E-state index contributed by atoms with van der Waals surface area (Å²) in [7, 11) is 0. The third-order valence-electron chi connectivity index (χ3n) is 6.63. The number of ether oxygens (including phenoxy) is 3. The van der Waals surface area contributed by atoms with E-state index in [4.69, 9.17) is 19.9 Å². The van der Waals surface area contributed by atoms with E-state index in [1.807, 2.05) is 54.6 Å². The predicted octanol–water partition coefficient (Wildman–Crippen LogP) is 4.81. The number of fused-ring (bicyclic) bond motifs is 4. The number of aromatic nitrogens is 1. The van der Waals surface area contributed by atoms with Gasteiger partial charge in [-0.3, -0.25) is 4.90 Å². The monoisotopic (exact) mass is 455 g/mol. The van der Waals surface area contributed by atoms with Crippen molar-refractivity contribution in [2.75, 3.05) is 25.7 Å². The molecule has 0 saturated carbocycles. The Hall–Kier alpha value is -4.13. The van der Waals surface area contributed by atoms with Gasteiger partial charge in [-0.1, -0.05) is 42.5 Å². The number of amides is 1. The number of hydrogen-bond donors (Lipinski definition) is 2. The highest BCUT2D eigenvalue weighted by molar-refractivity contribution is 5.86. The Morgan fingerprint density at radius 3 is 2.79 bits per heavy atom. The van der Waals surface area contributed by atoms with Crippen LogP contribution in [0.3, 0.4) is 0 Å². The van der Waals surface area contributed by atoms with Crippen LogP contribution in [0.4, 0.5) is 10.5 Å². The topological polar surface area (TPSA) is 89.8 Å². The maximum atomic E-state index is 13.3. The maximum Gasteiger partial charge on any atom is 0.410 e. The summed E-state index contributed by atoms with van der Waals surface area (Å²) in [6.45, 7) is 1.02. The lowest BCUT2D eigenvalue weighted by Crippen LogP contribution is -2.41. The van der Waals surface area contributed by atoms with Gasteiger partial charge in [0, 0.05) is 35.2 Å². The van der Waals surface area contributed by atoms with E-state index >= 15 is 0 Å². The van der Waals surface area contributed by atoms with Crippen LogP contribution in [-0.4, -0.2) is 35.9 Å². The van der Waals surface area contributed by atoms with Crippen molar-refractivity contribution in [3.63, 3.8) is 0 Å². The number of H-pyrrole nitrogens is 1. The van der Waals surface area contributed by atoms with Crippen molar-refractivity contribution in [3.8, 4) is 11.5 Å². The van der Waals surface area contributed by atoms with Crippen LogP contribution in [0.5, 0.6) is 11.5 Å². The van der Waals surface area contributed by atoms with Crippen molar-refractivity contribution in [1.82, 2.24) is 9.88 Å². The summed E-state index contributed by atoms with van der Waals surface area (Å²) < 4.78 is 16.8. The summed E-state index contributed by atoms with van der Waals surface area (Å²) in [5.74, 6) is 1.40. The fourth-order valence-corrected chi connectivity index (χ4v) is 4.96. The van der Waals surface area contributed by atoms with E-state index in [2.05, 4.69) is 17.1 Å². The zero-order chi connectivity index (χ0) is 23.1. The number of aromatic amines is 1. The second-order valence-corrected chi connectivity index (χ2v) is 8.58. The van der Waals surface area contributed by atoms with Gasteiger partial charge in [-0.25, -0.2) is 4.79 Å². The summed E-state index contributed by atoms with van der Waals surface area (Å²) in [6, 6.07) is 21.4. The molecule has 7 heteroatoms. The Labute approximate surface area is 197 Å². The van der Waals surface area contributed by atoms with Gasteiger partial charge in [0.15, 0.2) is 11.5 Å². The van der Waals surface area contributed by atoms with Crippen LogP contribution in [0.2, 0.25) is 0 Å². The molecule has 1 atom stereocenters. The number of anilines is 1. The minimum Gasteiger partial charge on any atom is -0.454 e. The molecule has 1 unspecified atom stereocenters. The molecule has 7 nitrogen and oxygen atoms in total. The highest BCUT2D eigenvalue weighted by Gasteiger charge is 2.36. The number of benzene rings is 3. The van der Waals surface area contributed by atoms with Gasteiger partial charge in [0.2, 0.25) is 6.79 Å². The third-order valence-corrected chi connectivity index (χ3v) is 6.63. The molecule has 34 heavy (non-hydrogen) atoms. The molecule has 2 aliphatic rings. The van der Waals surface area contributed by atoms with Crippen molar-refractivity contribution >= 4 is 22.7 Å². The quantitative estimate of drug-likeness (QED) is 0.431. The summed E-state index contributed by atoms with van der Waals surface area (Å²) in [5.41, 5.74) is 12.0. The summed E-state index contributed by atoms with van der Waals surface area (Å²) in [6.07, 6.45) is 0.973. The van der Waals surface area contributed by atoms with Gasteiger partial charge < -0.3 is 24.9 Å². The molecule has 1 amide bonds. The van der Waals surface area contributed by atoms with Gasteiger partial charge in [-0.05, 0) is 47.4 Å². The van der Waals surface area contributed by atoms with Gasteiger partial charge in [-0.15, -0.1) is 0 Å². The van der Waals surface area contributed by atoms with Gasteiger partial charge >= 0.3 is 6.09 Å². The summed E-state index contributed by atoms with van der Waals surface area (Å²) in [5, 5.41) is 1.19. The molecule has 3 heterocycles. The van der Waals surface area contributed by atoms with Crippen LogP contribution in [0, 0.1) is 0 Å². The van der Waals surface area contributed by atoms with Gasteiger partial charge in [0.25, 0.3) is 0 Å². The van der Waals surface area contributed by atoms with Crippen LogP contribution >= 0.6 is 0 Å². The number of nitrogens with zero attached hydrogens (tertiary/aromatic N) is 1. The average molecular weight is 456 g/mol. The molecule has 6 rings (SSSR count). The van der Waals surface area contributed by atoms with Crippen molar-refractivity contribution in [3.05, 3.63) is 89.1 Å². The SMILES string of the molecule is Nc1ccccc1CCOC(=O)N1CCc2c([nH]c3ccccc23)C1c1ccc2c(c1)OCO2. The molecule has 0 bridgehead atoms. The molecule has 0 saturated heterocycles.